The number of carbonyl (C=O) groups is 1. The average Bonchev–Trinajstić information content (AvgIpc) is 2.94. The number of carbonyl (C=O) groups excluding carboxylic acids is 1. The Kier molecular flexibility index (Phi) is 4.33. The molecule has 0 bridgehead atoms. The number of aliphatic hydroxyl groups is 1. The molecule has 2 aliphatic carbocycles. The van der Waals surface area contributed by atoms with Gasteiger partial charge in [-0.25, -0.2) is 4.79 Å². The van der Waals surface area contributed by atoms with E-state index in [-0.39, 0.29) is 18.1 Å². The maximum Gasteiger partial charge on any atom is 0.410 e. The van der Waals surface area contributed by atoms with E-state index in [9.17, 15) is 9.90 Å². The lowest BCUT2D eigenvalue weighted by Gasteiger charge is -2.38. The van der Waals surface area contributed by atoms with Crippen molar-refractivity contribution in [2.45, 2.75) is 83.0 Å². The first kappa shape index (κ1) is 15.6. The van der Waals surface area contributed by atoms with E-state index < -0.39 is 11.2 Å². The van der Waals surface area contributed by atoms with E-state index in [0.29, 0.717) is 0 Å². The van der Waals surface area contributed by atoms with E-state index in [1.807, 2.05) is 27.8 Å². The summed E-state index contributed by atoms with van der Waals surface area (Å²) in [6.45, 7) is 5.65. The Morgan fingerprint density at radius 3 is 2.35 bits per heavy atom. The number of amides is 1. The molecule has 2 atom stereocenters. The zero-order chi connectivity index (χ0) is 15.0. The molecule has 0 aliphatic heterocycles. The molecule has 2 saturated carbocycles. The maximum atomic E-state index is 12.2. The fourth-order valence-electron chi connectivity index (χ4n) is 3.86. The third-order valence-corrected chi connectivity index (χ3v) is 4.82. The van der Waals surface area contributed by atoms with Crippen molar-refractivity contribution < 1.29 is 14.6 Å². The summed E-state index contributed by atoms with van der Waals surface area (Å²) in [7, 11) is 1.81. The third-order valence-electron chi connectivity index (χ3n) is 4.82. The minimum absolute atomic E-state index is 0.118. The second-order valence-corrected chi connectivity index (χ2v) is 7.51. The highest BCUT2D eigenvalue weighted by molar-refractivity contribution is 5.68. The second-order valence-electron chi connectivity index (χ2n) is 7.51. The predicted molar refractivity (Wildman–Crippen MR) is 78.5 cm³/mol. The van der Waals surface area contributed by atoms with Crippen molar-refractivity contribution in [3.05, 3.63) is 0 Å². The Bertz CT molecular complexity index is 355. The first-order chi connectivity index (χ1) is 9.23. The van der Waals surface area contributed by atoms with Gasteiger partial charge in [-0.1, -0.05) is 19.3 Å². The van der Waals surface area contributed by atoms with Gasteiger partial charge in [0.05, 0.1) is 5.60 Å². The second kappa shape index (κ2) is 5.55. The van der Waals surface area contributed by atoms with Crippen LogP contribution in [0.25, 0.3) is 0 Å². The van der Waals surface area contributed by atoms with Gasteiger partial charge in [0.1, 0.15) is 5.60 Å². The predicted octanol–water partition coefficient (Wildman–Crippen LogP) is 3.33. The molecule has 1 amide bonds. The van der Waals surface area contributed by atoms with E-state index >= 15 is 0 Å². The summed E-state index contributed by atoms with van der Waals surface area (Å²) in [5.41, 5.74) is -1.03. The highest BCUT2D eigenvalue weighted by Crippen LogP contribution is 2.45. The van der Waals surface area contributed by atoms with E-state index in [2.05, 4.69) is 0 Å². The van der Waals surface area contributed by atoms with Crippen molar-refractivity contribution >= 4 is 6.09 Å². The van der Waals surface area contributed by atoms with Crippen molar-refractivity contribution in [3.8, 4) is 0 Å². The van der Waals surface area contributed by atoms with Crippen LogP contribution in [0.4, 0.5) is 4.79 Å². The Balaban J connectivity index is 2.04. The van der Waals surface area contributed by atoms with Crippen molar-refractivity contribution in [1.82, 2.24) is 4.90 Å². The summed E-state index contributed by atoms with van der Waals surface area (Å²) in [6.07, 6.45) is 6.80. The van der Waals surface area contributed by atoms with Crippen LogP contribution in [-0.2, 0) is 4.74 Å². The average molecular weight is 283 g/mol. The van der Waals surface area contributed by atoms with E-state index in [4.69, 9.17) is 4.74 Å². The molecule has 0 aromatic heterocycles. The smallest absolute Gasteiger partial charge is 0.410 e. The molecule has 0 saturated heterocycles. The number of rotatable bonds is 2. The van der Waals surface area contributed by atoms with Crippen molar-refractivity contribution in [3.63, 3.8) is 0 Å². The molecule has 0 heterocycles. The van der Waals surface area contributed by atoms with Crippen molar-refractivity contribution in [1.29, 1.82) is 0 Å². The zero-order valence-electron chi connectivity index (χ0n) is 13.3. The van der Waals surface area contributed by atoms with Gasteiger partial charge in [-0.15, -0.1) is 0 Å². The first-order valence-electron chi connectivity index (χ1n) is 7.91. The van der Waals surface area contributed by atoms with Crippen LogP contribution >= 0.6 is 0 Å². The fourth-order valence-corrected chi connectivity index (χ4v) is 3.86. The minimum atomic E-state index is -0.558. The molecule has 116 valence electrons. The van der Waals surface area contributed by atoms with Crippen molar-refractivity contribution in [2.24, 2.45) is 5.92 Å². The first-order valence-corrected chi connectivity index (χ1v) is 7.91. The Morgan fingerprint density at radius 2 is 1.80 bits per heavy atom. The van der Waals surface area contributed by atoms with Crippen LogP contribution in [0.15, 0.2) is 0 Å². The van der Waals surface area contributed by atoms with E-state index in [0.717, 1.165) is 44.9 Å². The summed E-state index contributed by atoms with van der Waals surface area (Å²) in [4.78, 5) is 14.0. The third kappa shape index (κ3) is 3.27. The lowest BCUT2D eigenvalue weighted by atomic mass is 9.82. The molecule has 0 radical (unpaired) electrons. The number of hydrogen-bond acceptors (Lipinski definition) is 3. The van der Waals surface area contributed by atoms with Crippen LogP contribution in [0.3, 0.4) is 0 Å². The normalized spacial score (nSPS) is 29.4. The molecule has 4 nitrogen and oxygen atoms in total. The number of nitrogens with zero attached hydrogens (tertiary/aromatic N) is 1. The van der Waals surface area contributed by atoms with Gasteiger partial charge in [-0.3, -0.25) is 0 Å². The summed E-state index contributed by atoms with van der Waals surface area (Å²) >= 11 is 0. The molecule has 0 aromatic carbocycles. The van der Waals surface area contributed by atoms with E-state index in [1.165, 1.54) is 0 Å². The summed E-state index contributed by atoms with van der Waals surface area (Å²) in [6, 6.07) is 0.118. The van der Waals surface area contributed by atoms with Crippen LogP contribution in [0, 0.1) is 5.92 Å². The topological polar surface area (TPSA) is 49.8 Å². The van der Waals surface area contributed by atoms with Crippen LogP contribution < -0.4 is 0 Å². The van der Waals surface area contributed by atoms with Crippen LogP contribution in [0.2, 0.25) is 0 Å². The maximum absolute atomic E-state index is 12.2. The van der Waals surface area contributed by atoms with Gasteiger partial charge in [0.2, 0.25) is 0 Å². The van der Waals surface area contributed by atoms with Gasteiger partial charge < -0.3 is 14.7 Å². The molecule has 20 heavy (non-hydrogen) atoms. The highest BCUT2D eigenvalue weighted by atomic mass is 16.6. The fraction of sp³-hybridized carbons (Fsp3) is 0.938. The number of ether oxygens (including phenoxy) is 1. The van der Waals surface area contributed by atoms with Gasteiger partial charge in [0, 0.05) is 19.0 Å². The molecule has 2 aliphatic rings. The molecule has 1 N–H and O–H groups in total. The standard InChI is InChI=1S/C16H29NO3/c1-15(2,3)20-14(18)17(4)13-9-7-8-12(13)16(19)10-5-6-11-16/h12-13,19H,5-11H2,1-4H3/t12-,13+/m1/s1. The molecular formula is C16H29NO3. The van der Waals surface area contributed by atoms with E-state index in [1.54, 1.807) is 4.90 Å². The molecule has 4 heteroatoms. The molecule has 0 aromatic rings. The quantitative estimate of drug-likeness (QED) is 0.845. The zero-order valence-corrected chi connectivity index (χ0v) is 13.3. The van der Waals surface area contributed by atoms with Crippen molar-refractivity contribution in [2.75, 3.05) is 7.05 Å². The van der Waals surface area contributed by atoms with Gasteiger partial charge in [0.25, 0.3) is 0 Å². The Labute approximate surface area is 122 Å². The Morgan fingerprint density at radius 1 is 1.20 bits per heavy atom. The highest BCUT2D eigenvalue weighted by Gasteiger charge is 2.47. The number of hydrogen-bond donors (Lipinski definition) is 1. The molecule has 0 spiro atoms. The van der Waals surface area contributed by atoms with Gasteiger partial charge in [-0.05, 0) is 46.5 Å². The van der Waals surface area contributed by atoms with Crippen LogP contribution in [0.1, 0.15) is 65.7 Å². The molecule has 2 rings (SSSR count). The van der Waals surface area contributed by atoms with Crippen LogP contribution in [-0.4, -0.2) is 40.4 Å². The van der Waals surface area contributed by atoms with Gasteiger partial charge in [-0.2, -0.15) is 0 Å². The summed E-state index contributed by atoms with van der Waals surface area (Å²) in [5, 5.41) is 10.8. The summed E-state index contributed by atoms with van der Waals surface area (Å²) in [5.74, 6) is 0.211. The minimum Gasteiger partial charge on any atom is -0.444 e. The summed E-state index contributed by atoms with van der Waals surface area (Å²) < 4.78 is 5.46. The van der Waals surface area contributed by atoms with Gasteiger partial charge >= 0.3 is 6.09 Å². The lowest BCUT2D eigenvalue weighted by molar-refractivity contribution is -0.0419. The monoisotopic (exact) mass is 283 g/mol. The molecule has 2 fully saturated rings. The SMILES string of the molecule is CN(C(=O)OC(C)(C)C)[C@H]1CCC[C@H]1C1(O)CCCC1. The largest absolute Gasteiger partial charge is 0.444 e. The Hall–Kier alpha value is -0.770. The molecular weight excluding hydrogens is 254 g/mol. The van der Waals surface area contributed by atoms with Crippen LogP contribution in [0.5, 0.6) is 0 Å². The molecule has 0 unspecified atom stereocenters. The lowest BCUT2D eigenvalue weighted by Crippen LogP contribution is -2.49. The van der Waals surface area contributed by atoms with Gasteiger partial charge in [0.15, 0.2) is 0 Å².